The lowest BCUT2D eigenvalue weighted by Gasteiger charge is -2.08. The van der Waals surface area contributed by atoms with Crippen LogP contribution in [-0.4, -0.2) is 39.2 Å². The first-order valence-electron chi connectivity index (χ1n) is 2.95. The summed E-state index contributed by atoms with van der Waals surface area (Å²) in [6, 6.07) is -0.757. The molecule has 5 heteroatoms. The van der Waals surface area contributed by atoms with E-state index in [9.17, 15) is 9.59 Å². The lowest BCUT2D eigenvalue weighted by atomic mass is 10.4. The molecular weight excluding hydrogens is 150 g/mol. The summed E-state index contributed by atoms with van der Waals surface area (Å²) in [6.45, 7) is 0.0958. The molecule has 1 atom stereocenters. The standard InChI is InChI=1S/C6H10NO4/c1-10-4-5(3-8)7-6(9)11-2/h5H,4H2,1-2H3,(H,7,9)/t5-/m0/s1. The monoisotopic (exact) mass is 160 g/mol. The van der Waals surface area contributed by atoms with Gasteiger partial charge in [0.25, 0.3) is 0 Å². The molecule has 0 aliphatic rings. The second kappa shape index (κ2) is 5.67. The van der Waals surface area contributed by atoms with Crippen LogP contribution in [0.1, 0.15) is 0 Å². The maximum absolute atomic E-state index is 10.5. The van der Waals surface area contributed by atoms with Crippen molar-refractivity contribution >= 4 is 12.4 Å². The smallest absolute Gasteiger partial charge is 0.407 e. The first-order chi connectivity index (χ1) is 5.24. The van der Waals surface area contributed by atoms with Crippen LogP contribution in [0.25, 0.3) is 0 Å². The van der Waals surface area contributed by atoms with Crippen LogP contribution in [0.4, 0.5) is 4.79 Å². The number of rotatable bonds is 4. The van der Waals surface area contributed by atoms with Gasteiger partial charge in [-0.15, -0.1) is 0 Å². The van der Waals surface area contributed by atoms with E-state index >= 15 is 0 Å². The molecule has 63 valence electrons. The highest BCUT2D eigenvalue weighted by atomic mass is 16.5. The van der Waals surface area contributed by atoms with E-state index in [-0.39, 0.29) is 6.61 Å². The Morgan fingerprint density at radius 2 is 2.27 bits per heavy atom. The fourth-order valence-corrected chi connectivity index (χ4v) is 0.473. The second-order valence-corrected chi connectivity index (χ2v) is 1.76. The highest BCUT2D eigenvalue weighted by Crippen LogP contribution is 1.81. The SMILES string of the molecule is COC[C@H]([C]=O)NC(=O)OC. The third-order valence-corrected chi connectivity index (χ3v) is 0.953. The quantitative estimate of drug-likeness (QED) is 0.600. The largest absolute Gasteiger partial charge is 0.453 e. The number of carbonyl (C=O) groups excluding carboxylic acids is 2. The molecule has 0 aromatic carbocycles. The molecule has 0 saturated heterocycles. The minimum Gasteiger partial charge on any atom is -0.453 e. The van der Waals surface area contributed by atoms with Crippen LogP contribution in [0.15, 0.2) is 0 Å². The van der Waals surface area contributed by atoms with E-state index in [0.29, 0.717) is 0 Å². The first-order valence-corrected chi connectivity index (χ1v) is 2.95. The van der Waals surface area contributed by atoms with Crippen LogP contribution in [0.2, 0.25) is 0 Å². The summed E-state index contributed by atoms with van der Waals surface area (Å²) in [4.78, 5) is 20.6. The molecule has 0 aliphatic carbocycles. The van der Waals surface area contributed by atoms with Crippen molar-refractivity contribution in [1.29, 1.82) is 0 Å². The number of carbonyl (C=O) groups is 1. The average molecular weight is 160 g/mol. The Morgan fingerprint density at radius 3 is 2.64 bits per heavy atom. The molecule has 1 radical (unpaired) electrons. The van der Waals surface area contributed by atoms with Gasteiger partial charge in [0.15, 0.2) is 0 Å². The lowest BCUT2D eigenvalue weighted by molar-refractivity contribution is 0.152. The van der Waals surface area contributed by atoms with Crippen molar-refractivity contribution in [2.45, 2.75) is 6.04 Å². The molecule has 1 N–H and O–H groups in total. The number of hydrogen-bond donors (Lipinski definition) is 1. The molecule has 0 aromatic heterocycles. The Morgan fingerprint density at radius 1 is 1.64 bits per heavy atom. The Kier molecular flexibility index (Phi) is 5.10. The van der Waals surface area contributed by atoms with Crippen LogP contribution in [-0.2, 0) is 14.3 Å². The van der Waals surface area contributed by atoms with Gasteiger partial charge in [0.2, 0.25) is 6.29 Å². The fraction of sp³-hybridized carbons (Fsp3) is 0.667. The van der Waals surface area contributed by atoms with Gasteiger partial charge in [0, 0.05) is 7.11 Å². The zero-order valence-electron chi connectivity index (χ0n) is 6.42. The van der Waals surface area contributed by atoms with Gasteiger partial charge in [-0.05, 0) is 0 Å². The van der Waals surface area contributed by atoms with Crippen molar-refractivity contribution in [2.75, 3.05) is 20.8 Å². The van der Waals surface area contributed by atoms with E-state index in [4.69, 9.17) is 0 Å². The summed E-state index contributed by atoms with van der Waals surface area (Å²) < 4.78 is 8.85. The van der Waals surface area contributed by atoms with E-state index in [0.717, 1.165) is 0 Å². The number of hydrogen-bond acceptors (Lipinski definition) is 4. The molecule has 0 spiro atoms. The number of ether oxygens (including phenoxy) is 2. The van der Waals surface area contributed by atoms with Gasteiger partial charge >= 0.3 is 6.09 Å². The maximum atomic E-state index is 10.5. The van der Waals surface area contributed by atoms with E-state index in [1.165, 1.54) is 14.2 Å². The second-order valence-electron chi connectivity index (χ2n) is 1.76. The first kappa shape index (κ1) is 9.90. The van der Waals surface area contributed by atoms with Gasteiger partial charge in [-0.3, -0.25) is 4.79 Å². The summed E-state index contributed by atoms with van der Waals surface area (Å²) in [6.07, 6.45) is 0.910. The van der Waals surface area contributed by atoms with Gasteiger partial charge < -0.3 is 14.8 Å². The normalized spacial score (nSPS) is 11.8. The minimum atomic E-state index is -0.757. The Hall–Kier alpha value is -1.10. The Bertz CT molecular complexity index is 137. The molecule has 0 aliphatic heterocycles. The third-order valence-electron chi connectivity index (χ3n) is 0.953. The van der Waals surface area contributed by atoms with Gasteiger partial charge in [0.1, 0.15) is 6.04 Å². The highest BCUT2D eigenvalue weighted by Gasteiger charge is 2.10. The molecule has 5 nitrogen and oxygen atoms in total. The molecule has 0 saturated carbocycles. The van der Waals surface area contributed by atoms with E-state index in [1.54, 1.807) is 6.29 Å². The zero-order valence-corrected chi connectivity index (χ0v) is 6.42. The summed E-state index contributed by atoms with van der Waals surface area (Å²) in [7, 11) is 2.63. The van der Waals surface area contributed by atoms with E-state index in [1.807, 2.05) is 0 Å². The van der Waals surface area contributed by atoms with Crippen molar-refractivity contribution in [3.63, 3.8) is 0 Å². The van der Waals surface area contributed by atoms with Crippen LogP contribution in [0.3, 0.4) is 0 Å². The molecule has 0 rings (SSSR count). The van der Waals surface area contributed by atoms with Crippen LogP contribution < -0.4 is 5.32 Å². The zero-order chi connectivity index (χ0) is 8.69. The van der Waals surface area contributed by atoms with Gasteiger partial charge in [-0.25, -0.2) is 4.79 Å². The van der Waals surface area contributed by atoms with Crippen molar-refractivity contribution in [3.05, 3.63) is 0 Å². The number of amides is 1. The molecule has 0 unspecified atom stereocenters. The summed E-state index contributed by atoms with van der Waals surface area (Å²) in [5, 5.41) is 2.21. The predicted octanol–water partition coefficient (Wildman–Crippen LogP) is -0.533. The van der Waals surface area contributed by atoms with Crippen molar-refractivity contribution in [1.82, 2.24) is 5.32 Å². The topological polar surface area (TPSA) is 64.6 Å². The van der Waals surface area contributed by atoms with Gasteiger partial charge in [-0.1, -0.05) is 0 Å². The number of nitrogens with one attached hydrogen (secondary N) is 1. The van der Waals surface area contributed by atoms with Crippen molar-refractivity contribution in [2.24, 2.45) is 0 Å². The average Bonchev–Trinajstić information content (AvgIpc) is 2.03. The highest BCUT2D eigenvalue weighted by molar-refractivity contribution is 5.73. The predicted molar refractivity (Wildman–Crippen MR) is 36.9 cm³/mol. The number of alkyl carbamates (subject to hydrolysis) is 1. The van der Waals surface area contributed by atoms with Crippen molar-refractivity contribution < 1.29 is 19.1 Å². The minimum absolute atomic E-state index is 0.0958. The summed E-state index contributed by atoms with van der Waals surface area (Å²) in [5.74, 6) is 0. The summed E-state index contributed by atoms with van der Waals surface area (Å²) >= 11 is 0. The molecule has 0 aromatic rings. The Balaban J connectivity index is 3.67. The van der Waals surface area contributed by atoms with Crippen LogP contribution in [0.5, 0.6) is 0 Å². The van der Waals surface area contributed by atoms with E-state index in [2.05, 4.69) is 14.8 Å². The van der Waals surface area contributed by atoms with Crippen molar-refractivity contribution in [3.8, 4) is 0 Å². The molecule has 0 bridgehead atoms. The third kappa shape index (κ3) is 4.32. The molecule has 1 amide bonds. The van der Waals surface area contributed by atoms with Crippen LogP contribution >= 0.6 is 0 Å². The van der Waals surface area contributed by atoms with Gasteiger partial charge in [0.05, 0.1) is 13.7 Å². The molecule has 11 heavy (non-hydrogen) atoms. The number of methoxy groups -OCH3 is 2. The van der Waals surface area contributed by atoms with Gasteiger partial charge in [-0.2, -0.15) is 0 Å². The molecule has 0 heterocycles. The lowest BCUT2D eigenvalue weighted by Crippen LogP contribution is -2.38. The van der Waals surface area contributed by atoms with Crippen LogP contribution in [0, 0.1) is 0 Å². The fourth-order valence-electron chi connectivity index (χ4n) is 0.473. The Labute approximate surface area is 64.7 Å². The van der Waals surface area contributed by atoms with E-state index < -0.39 is 12.1 Å². The molecule has 0 fully saturated rings. The maximum Gasteiger partial charge on any atom is 0.407 e. The summed E-state index contributed by atoms with van der Waals surface area (Å²) in [5.41, 5.74) is 0. The molecular formula is C6H10NO4.